The van der Waals surface area contributed by atoms with Gasteiger partial charge in [-0.3, -0.25) is 9.48 Å². The number of anilines is 2. The molecule has 0 saturated heterocycles. The van der Waals surface area contributed by atoms with Crippen molar-refractivity contribution in [2.45, 2.75) is 13.3 Å². The number of nitrogens with one attached hydrogen (secondary N) is 2. The molecule has 0 radical (unpaired) electrons. The van der Waals surface area contributed by atoms with Crippen molar-refractivity contribution in [3.63, 3.8) is 0 Å². The first-order valence-electron chi connectivity index (χ1n) is 6.32. The van der Waals surface area contributed by atoms with E-state index in [1.54, 1.807) is 10.9 Å². The second kappa shape index (κ2) is 4.42. The molecular formula is C14H16N4O. The number of aryl methyl sites for hydroxylation is 1. The molecule has 2 aromatic rings. The van der Waals surface area contributed by atoms with Crippen LogP contribution in [0.25, 0.3) is 0 Å². The minimum Gasteiger partial charge on any atom is -0.384 e. The summed E-state index contributed by atoms with van der Waals surface area (Å²) in [6.45, 7) is 2.85. The predicted octanol–water partition coefficient (Wildman–Crippen LogP) is 1.95. The van der Waals surface area contributed by atoms with Gasteiger partial charge in [0.05, 0.1) is 11.8 Å². The summed E-state index contributed by atoms with van der Waals surface area (Å²) < 4.78 is 1.70. The van der Waals surface area contributed by atoms with E-state index in [4.69, 9.17) is 0 Å². The Balaban J connectivity index is 1.82. The first-order valence-corrected chi connectivity index (χ1v) is 6.32. The zero-order valence-electron chi connectivity index (χ0n) is 11.0. The predicted molar refractivity (Wildman–Crippen MR) is 74.5 cm³/mol. The highest BCUT2D eigenvalue weighted by Crippen LogP contribution is 2.25. The highest BCUT2D eigenvalue weighted by molar-refractivity contribution is 6.05. The maximum Gasteiger partial charge on any atom is 0.259 e. The molecule has 1 aromatic carbocycles. The van der Waals surface area contributed by atoms with Crippen molar-refractivity contribution in [1.82, 2.24) is 9.78 Å². The van der Waals surface area contributed by atoms with Crippen molar-refractivity contribution in [2.75, 3.05) is 17.2 Å². The summed E-state index contributed by atoms with van der Waals surface area (Å²) in [5, 5.41) is 10.3. The van der Waals surface area contributed by atoms with Crippen LogP contribution in [0.3, 0.4) is 0 Å². The fraction of sp³-hybridized carbons (Fsp3) is 0.286. The van der Waals surface area contributed by atoms with E-state index < -0.39 is 0 Å². The van der Waals surface area contributed by atoms with E-state index in [2.05, 4.69) is 15.7 Å². The Labute approximate surface area is 111 Å². The zero-order valence-corrected chi connectivity index (χ0v) is 11.0. The van der Waals surface area contributed by atoms with Crippen LogP contribution in [0.4, 0.5) is 11.4 Å². The van der Waals surface area contributed by atoms with Crippen molar-refractivity contribution in [2.24, 2.45) is 7.05 Å². The maximum absolute atomic E-state index is 12.2. The largest absolute Gasteiger partial charge is 0.384 e. The molecule has 0 bridgehead atoms. The molecule has 2 heterocycles. The molecule has 19 heavy (non-hydrogen) atoms. The second-order valence-corrected chi connectivity index (χ2v) is 4.77. The van der Waals surface area contributed by atoms with Gasteiger partial charge in [0.2, 0.25) is 0 Å². The van der Waals surface area contributed by atoms with E-state index in [9.17, 15) is 4.79 Å². The first kappa shape index (κ1) is 11.8. The number of benzene rings is 1. The minimum atomic E-state index is -0.114. The summed E-state index contributed by atoms with van der Waals surface area (Å²) in [5.74, 6) is -0.114. The topological polar surface area (TPSA) is 59.0 Å². The Hall–Kier alpha value is -2.30. The number of rotatable bonds is 2. The Bertz CT molecular complexity index is 645. The summed E-state index contributed by atoms with van der Waals surface area (Å²) in [6.07, 6.45) is 2.60. The monoisotopic (exact) mass is 256 g/mol. The number of carbonyl (C=O) groups excluding carboxylic acids is 1. The van der Waals surface area contributed by atoms with Gasteiger partial charge in [0.1, 0.15) is 0 Å². The zero-order chi connectivity index (χ0) is 13.4. The third-order valence-electron chi connectivity index (χ3n) is 3.55. The lowest BCUT2D eigenvalue weighted by Gasteiger charge is -2.07. The van der Waals surface area contributed by atoms with Crippen LogP contribution in [0.15, 0.2) is 24.4 Å². The Kier molecular flexibility index (Phi) is 2.74. The molecule has 5 nitrogen and oxygen atoms in total. The third-order valence-corrected chi connectivity index (χ3v) is 3.55. The molecular weight excluding hydrogens is 240 g/mol. The van der Waals surface area contributed by atoms with Crippen LogP contribution in [0.5, 0.6) is 0 Å². The van der Waals surface area contributed by atoms with Crippen LogP contribution in [-0.2, 0) is 13.5 Å². The summed E-state index contributed by atoms with van der Waals surface area (Å²) in [7, 11) is 1.83. The molecule has 1 aliphatic heterocycles. The van der Waals surface area contributed by atoms with Crippen molar-refractivity contribution >= 4 is 17.3 Å². The number of amides is 1. The molecule has 3 rings (SSSR count). The number of hydrogen-bond acceptors (Lipinski definition) is 3. The highest BCUT2D eigenvalue weighted by Gasteiger charge is 2.15. The van der Waals surface area contributed by atoms with Crippen LogP contribution >= 0.6 is 0 Å². The van der Waals surface area contributed by atoms with Gasteiger partial charge in [-0.2, -0.15) is 5.10 Å². The van der Waals surface area contributed by atoms with Crippen molar-refractivity contribution in [3.05, 3.63) is 41.2 Å². The normalized spacial score (nSPS) is 12.9. The molecule has 0 atom stereocenters. The van der Waals surface area contributed by atoms with Crippen LogP contribution in [0.2, 0.25) is 0 Å². The lowest BCUT2D eigenvalue weighted by atomic mass is 10.1. The van der Waals surface area contributed by atoms with Crippen molar-refractivity contribution in [1.29, 1.82) is 0 Å². The molecule has 1 amide bonds. The van der Waals surface area contributed by atoms with E-state index in [0.717, 1.165) is 30.0 Å². The molecule has 2 N–H and O–H groups in total. The standard InChI is InChI=1S/C14H16N4O/c1-9-12(8-16-18(9)2)14(19)17-11-3-4-13-10(7-11)5-6-15-13/h3-4,7-8,15H,5-6H2,1-2H3,(H,17,19). The van der Waals surface area contributed by atoms with E-state index in [1.807, 2.05) is 32.2 Å². The molecule has 5 heteroatoms. The highest BCUT2D eigenvalue weighted by atomic mass is 16.1. The van der Waals surface area contributed by atoms with Gasteiger partial charge in [0, 0.05) is 30.7 Å². The number of carbonyl (C=O) groups is 1. The fourth-order valence-corrected chi connectivity index (χ4v) is 2.30. The number of nitrogens with zero attached hydrogens (tertiary/aromatic N) is 2. The van der Waals surface area contributed by atoms with Gasteiger partial charge in [0.15, 0.2) is 0 Å². The molecule has 0 unspecified atom stereocenters. The van der Waals surface area contributed by atoms with Crippen LogP contribution in [0.1, 0.15) is 21.6 Å². The van der Waals surface area contributed by atoms with Crippen molar-refractivity contribution < 1.29 is 4.79 Å². The molecule has 0 saturated carbocycles. The average molecular weight is 256 g/mol. The lowest BCUT2D eigenvalue weighted by molar-refractivity contribution is 0.102. The SMILES string of the molecule is Cc1c(C(=O)Nc2ccc3c(c2)CCN3)cnn1C. The smallest absolute Gasteiger partial charge is 0.259 e. The average Bonchev–Trinajstić information content (AvgIpc) is 2.97. The molecule has 1 aromatic heterocycles. The number of hydrogen-bond donors (Lipinski definition) is 2. The van der Waals surface area contributed by atoms with Crippen LogP contribution < -0.4 is 10.6 Å². The first-order chi connectivity index (χ1) is 9.15. The Morgan fingerprint density at radius 3 is 3.05 bits per heavy atom. The van der Waals surface area contributed by atoms with Gasteiger partial charge in [-0.05, 0) is 37.1 Å². The van der Waals surface area contributed by atoms with E-state index in [0.29, 0.717) is 5.56 Å². The van der Waals surface area contributed by atoms with E-state index >= 15 is 0 Å². The molecule has 0 spiro atoms. The summed E-state index contributed by atoms with van der Waals surface area (Å²) in [4.78, 5) is 12.2. The number of aromatic nitrogens is 2. The van der Waals surface area contributed by atoms with E-state index in [1.165, 1.54) is 5.56 Å². The third kappa shape index (κ3) is 2.07. The van der Waals surface area contributed by atoms with Crippen molar-refractivity contribution in [3.8, 4) is 0 Å². The van der Waals surface area contributed by atoms with Gasteiger partial charge in [-0.25, -0.2) is 0 Å². The lowest BCUT2D eigenvalue weighted by Crippen LogP contribution is -2.13. The van der Waals surface area contributed by atoms with Crippen LogP contribution in [-0.4, -0.2) is 22.2 Å². The molecule has 0 fully saturated rings. The van der Waals surface area contributed by atoms with Gasteiger partial charge in [-0.15, -0.1) is 0 Å². The quantitative estimate of drug-likeness (QED) is 0.863. The Morgan fingerprint density at radius 1 is 1.47 bits per heavy atom. The van der Waals surface area contributed by atoms with Gasteiger partial charge in [-0.1, -0.05) is 0 Å². The number of fused-ring (bicyclic) bond motifs is 1. The summed E-state index contributed by atoms with van der Waals surface area (Å²) in [6, 6.07) is 5.95. The molecule has 98 valence electrons. The maximum atomic E-state index is 12.2. The fourth-order valence-electron chi connectivity index (χ4n) is 2.30. The minimum absolute atomic E-state index is 0.114. The van der Waals surface area contributed by atoms with Gasteiger partial charge >= 0.3 is 0 Å². The second-order valence-electron chi connectivity index (χ2n) is 4.77. The van der Waals surface area contributed by atoms with Crippen LogP contribution in [0, 0.1) is 6.92 Å². The van der Waals surface area contributed by atoms with E-state index in [-0.39, 0.29) is 5.91 Å². The molecule has 1 aliphatic rings. The Morgan fingerprint density at radius 2 is 2.32 bits per heavy atom. The summed E-state index contributed by atoms with van der Waals surface area (Å²) >= 11 is 0. The van der Waals surface area contributed by atoms with Gasteiger partial charge < -0.3 is 10.6 Å². The van der Waals surface area contributed by atoms with Gasteiger partial charge in [0.25, 0.3) is 5.91 Å². The summed E-state index contributed by atoms with van der Waals surface area (Å²) in [5.41, 5.74) is 4.72. The molecule has 0 aliphatic carbocycles.